The van der Waals surface area contributed by atoms with Crippen LogP contribution < -0.4 is 0 Å². The van der Waals surface area contributed by atoms with Crippen molar-refractivity contribution in [1.82, 2.24) is 0 Å². The molecule has 0 bridgehead atoms. The van der Waals surface area contributed by atoms with Gasteiger partial charge in [0.25, 0.3) is 0 Å². The van der Waals surface area contributed by atoms with E-state index >= 15 is 0 Å². The van der Waals surface area contributed by atoms with E-state index in [4.69, 9.17) is 10.2 Å². The summed E-state index contributed by atoms with van der Waals surface area (Å²) in [4.78, 5) is 19.8. The van der Waals surface area contributed by atoms with E-state index < -0.39 is 11.9 Å². The Morgan fingerprint density at radius 2 is 1.17 bits per heavy atom. The topological polar surface area (TPSA) is 106 Å². The summed E-state index contributed by atoms with van der Waals surface area (Å²) in [6.45, 7) is 0. The predicted octanol–water partition coefficient (Wildman–Crippen LogP) is -0.111. The first-order valence-corrected chi connectivity index (χ1v) is 3.06. The minimum atomic E-state index is -0.870. The summed E-state index contributed by atoms with van der Waals surface area (Å²) in [5.41, 5.74) is 0. The van der Waals surface area contributed by atoms with E-state index in [1.165, 1.54) is 0 Å². The molecule has 0 aliphatic carbocycles. The van der Waals surface area contributed by atoms with Gasteiger partial charge < -0.3 is 15.7 Å². The number of carboxylic acid groups (broad SMARTS) is 2. The van der Waals surface area contributed by atoms with Crippen molar-refractivity contribution in [3.63, 3.8) is 0 Å². The summed E-state index contributed by atoms with van der Waals surface area (Å²) in [6.07, 6.45) is 1.02. The van der Waals surface area contributed by atoms with Gasteiger partial charge in [0.1, 0.15) is 0 Å². The number of carboxylic acids is 2. The van der Waals surface area contributed by atoms with Gasteiger partial charge in [-0.2, -0.15) is 0 Å². The first-order valence-electron chi connectivity index (χ1n) is 3.06. The molecule has 0 aliphatic rings. The molecule has 0 aromatic rings. The van der Waals surface area contributed by atoms with Gasteiger partial charge in [0.2, 0.25) is 0 Å². The zero-order valence-electron chi connectivity index (χ0n) is 6.39. The van der Waals surface area contributed by atoms with Crippen LogP contribution in [0.1, 0.15) is 25.7 Å². The van der Waals surface area contributed by atoms with E-state index in [1.54, 1.807) is 0 Å². The van der Waals surface area contributed by atoms with E-state index in [0.717, 1.165) is 0 Å². The molecule has 4 N–H and O–H groups in total. The smallest absolute Gasteiger partial charge is 0.303 e. The number of hydrogen-bond acceptors (Lipinski definition) is 2. The van der Waals surface area contributed by atoms with Crippen molar-refractivity contribution in [2.45, 2.75) is 25.7 Å². The van der Waals surface area contributed by atoms with Gasteiger partial charge in [0.15, 0.2) is 0 Å². The van der Waals surface area contributed by atoms with Crippen LogP contribution in [0, 0.1) is 0 Å². The summed E-state index contributed by atoms with van der Waals surface area (Å²) in [5.74, 6) is -1.74. The normalized spacial score (nSPS) is 7.67. The Labute approximate surface area is 80.6 Å². The Balaban J connectivity index is -0.000000405. The van der Waals surface area contributed by atoms with Crippen molar-refractivity contribution in [2.24, 2.45) is 0 Å². The minimum Gasteiger partial charge on any atom is -0.481 e. The second-order valence-electron chi connectivity index (χ2n) is 1.99. The van der Waals surface area contributed by atoms with Gasteiger partial charge in [-0.15, -0.1) is 0 Å². The summed E-state index contributed by atoms with van der Waals surface area (Å²) in [7, 11) is 0. The van der Waals surface area contributed by atoms with Gasteiger partial charge in [0.05, 0.1) is 0 Å². The molecule has 0 atom stereocenters. The molecule has 0 aliphatic heterocycles. The second-order valence-corrected chi connectivity index (χ2v) is 1.99. The Morgan fingerprint density at radius 1 is 0.917 bits per heavy atom. The quantitative estimate of drug-likeness (QED) is 0.497. The molecular formula is C6H12FeO5. The molecular weight excluding hydrogens is 208 g/mol. The minimum absolute atomic E-state index is 0. The van der Waals surface area contributed by atoms with Crippen LogP contribution in [0.5, 0.6) is 0 Å². The fourth-order valence-corrected chi connectivity index (χ4v) is 0.552. The molecule has 0 heterocycles. The Hall–Kier alpha value is -0.581. The number of rotatable bonds is 5. The average molecular weight is 220 g/mol. The monoisotopic (exact) mass is 220 g/mol. The van der Waals surface area contributed by atoms with E-state index in [9.17, 15) is 9.59 Å². The molecule has 0 radical (unpaired) electrons. The predicted molar refractivity (Wildman–Crippen MR) is 37.4 cm³/mol. The molecule has 0 saturated carbocycles. The van der Waals surface area contributed by atoms with Gasteiger partial charge in [-0.25, -0.2) is 0 Å². The maximum Gasteiger partial charge on any atom is 0.303 e. The molecule has 0 saturated heterocycles. The van der Waals surface area contributed by atoms with Crippen LogP contribution in [0.15, 0.2) is 0 Å². The van der Waals surface area contributed by atoms with Gasteiger partial charge in [-0.3, -0.25) is 9.59 Å². The van der Waals surface area contributed by atoms with E-state index in [2.05, 4.69) is 0 Å². The molecule has 0 aromatic carbocycles. The van der Waals surface area contributed by atoms with Gasteiger partial charge in [-0.05, 0) is 12.8 Å². The zero-order valence-corrected chi connectivity index (χ0v) is 7.50. The molecule has 0 unspecified atom stereocenters. The third-order valence-electron chi connectivity index (χ3n) is 1.03. The maximum absolute atomic E-state index is 9.90. The van der Waals surface area contributed by atoms with Gasteiger partial charge in [0, 0.05) is 29.9 Å². The standard InChI is InChI=1S/C6H10O4.Fe.H2O/c7-5(8)3-1-2-4-6(9)10;;/h1-4H2,(H,7,8)(H,9,10);;1H2. The third kappa shape index (κ3) is 16.2. The van der Waals surface area contributed by atoms with Crippen LogP contribution in [-0.4, -0.2) is 27.6 Å². The van der Waals surface area contributed by atoms with Crippen LogP contribution in [0.4, 0.5) is 0 Å². The van der Waals surface area contributed by atoms with Crippen LogP contribution >= 0.6 is 0 Å². The third-order valence-corrected chi connectivity index (χ3v) is 1.03. The maximum atomic E-state index is 9.90. The molecule has 6 heteroatoms. The molecule has 5 nitrogen and oxygen atoms in total. The van der Waals surface area contributed by atoms with Crippen LogP contribution in [0.25, 0.3) is 0 Å². The molecule has 12 heavy (non-hydrogen) atoms. The molecule has 0 spiro atoms. The fraction of sp³-hybridized carbons (Fsp3) is 0.667. The fourth-order valence-electron chi connectivity index (χ4n) is 0.552. The Morgan fingerprint density at radius 3 is 1.33 bits per heavy atom. The van der Waals surface area contributed by atoms with Gasteiger partial charge >= 0.3 is 11.9 Å². The summed E-state index contributed by atoms with van der Waals surface area (Å²) in [5, 5.41) is 16.3. The molecule has 0 fully saturated rings. The van der Waals surface area contributed by atoms with Crippen LogP contribution in [0.2, 0.25) is 0 Å². The molecule has 74 valence electrons. The summed E-state index contributed by atoms with van der Waals surface area (Å²) >= 11 is 0. The average Bonchev–Trinajstić information content (AvgIpc) is 1.79. The number of aliphatic carboxylic acids is 2. The van der Waals surface area contributed by atoms with E-state index in [-0.39, 0.29) is 35.4 Å². The first-order chi connectivity index (χ1) is 4.63. The van der Waals surface area contributed by atoms with E-state index in [0.29, 0.717) is 12.8 Å². The molecule has 0 amide bonds. The second kappa shape index (κ2) is 10.4. The van der Waals surface area contributed by atoms with Crippen molar-refractivity contribution in [3.8, 4) is 0 Å². The number of unbranched alkanes of at least 4 members (excludes halogenated alkanes) is 1. The summed E-state index contributed by atoms with van der Waals surface area (Å²) < 4.78 is 0. The van der Waals surface area contributed by atoms with Crippen molar-refractivity contribution in [2.75, 3.05) is 0 Å². The largest absolute Gasteiger partial charge is 0.481 e. The Bertz CT molecular complexity index is 120. The summed E-state index contributed by atoms with van der Waals surface area (Å²) in [6, 6.07) is 0. The van der Waals surface area contributed by atoms with E-state index in [1.807, 2.05) is 0 Å². The van der Waals surface area contributed by atoms with Crippen LogP contribution in [-0.2, 0) is 26.7 Å². The van der Waals surface area contributed by atoms with Crippen molar-refractivity contribution >= 4 is 11.9 Å². The Kier molecular flexibility index (Phi) is 15.2. The molecule has 0 rings (SSSR count). The number of carbonyl (C=O) groups is 2. The number of hydrogen-bond donors (Lipinski definition) is 2. The SMILES string of the molecule is O.O=C(O)CCCCC(=O)O.[Fe]. The zero-order chi connectivity index (χ0) is 7.98. The first kappa shape index (κ1) is 17.5. The van der Waals surface area contributed by atoms with Crippen molar-refractivity contribution in [1.29, 1.82) is 0 Å². The van der Waals surface area contributed by atoms with Crippen LogP contribution in [0.3, 0.4) is 0 Å². The molecule has 0 aromatic heterocycles. The van der Waals surface area contributed by atoms with Gasteiger partial charge in [-0.1, -0.05) is 0 Å². The van der Waals surface area contributed by atoms with Crippen molar-refractivity contribution in [3.05, 3.63) is 0 Å². The van der Waals surface area contributed by atoms with Crippen molar-refractivity contribution < 1.29 is 42.3 Å².